The third-order valence-corrected chi connectivity index (χ3v) is 5.95. The van der Waals surface area contributed by atoms with Crippen molar-refractivity contribution in [2.75, 3.05) is 18.9 Å². The van der Waals surface area contributed by atoms with Crippen LogP contribution in [0.15, 0.2) is 36.8 Å². The lowest BCUT2D eigenvalue weighted by molar-refractivity contribution is -0.00487. The van der Waals surface area contributed by atoms with Crippen molar-refractivity contribution >= 4 is 24.9 Å². The van der Waals surface area contributed by atoms with Gasteiger partial charge < -0.3 is 19.9 Å². The smallest absolute Gasteiger partial charge is 0.404 e. The maximum absolute atomic E-state index is 12.9. The molecule has 1 unspecified atom stereocenters. The van der Waals surface area contributed by atoms with Crippen LogP contribution in [-0.4, -0.2) is 42.7 Å². The van der Waals surface area contributed by atoms with E-state index in [0.717, 1.165) is 12.1 Å². The first-order valence-corrected chi connectivity index (χ1v) is 10.3. The van der Waals surface area contributed by atoms with Crippen molar-refractivity contribution < 1.29 is 28.0 Å². The molecule has 154 valence electrons. The molecule has 2 heterocycles. The van der Waals surface area contributed by atoms with E-state index in [2.05, 4.69) is 15.0 Å². The van der Waals surface area contributed by atoms with Gasteiger partial charge in [-0.1, -0.05) is 0 Å². The number of phosphoric acid groups is 1. The predicted octanol–water partition coefficient (Wildman–Crippen LogP) is 1.91. The van der Waals surface area contributed by atoms with E-state index in [-0.39, 0.29) is 42.8 Å². The van der Waals surface area contributed by atoms with Gasteiger partial charge in [0.2, 0.25) is 5.95 Å². The molecule has 0 amide bonds. The molecule has 0 aliphatic heterocycles. The summed E-state index contributed by atoms with van der Waals surface area (Å²) in [5.74, 6) is -0.743. The molecule has 1 aliphatic carbocycles. The first-order chi connectivity index (χ1) is 13.9. The third kappa shape index (κ3) is 4.08. The molecule has 12 heteroatoms. The number of nitrogen functional groups attached to an aromatic ring is 1. The zero-order valence-corrected chi connectivity index (χ0v) is 16.0. The summed E-state index contributed by atoms with van der Waals surface area (Å²) in [6, 6.07) is 4.58. The highest BCUT2D eigenvalue weighted by Gasteiger charge is 2.43. The Bertz CT molecular complexity index is 1060. The molecule has 0 bridgehead atoms. The topological polar surface area (TPSA) is 146 Å². The van der Waals surface area contributed by atoms with Gasteiger partial charge in [0.15, 0.2) is 5.65 Å². The van der Waals surface area contributed by atoms with E-state index in [4.69, 9.17) is 14.8 Å². The number of aliphatic hydroxyl groups is 1. The predicted molar refractivity (Wildman–Crippen MR) is 100 cm³/mol. The number of rotatable bonds is 7. The maximum Gasteiger partial charge on any atom is 0.527 e. The van der Waals surface area contributed by atoms with E-state index in [1.807, 2.05) is 4.57 Å². The number of nitrogens with two attached hydrogens (primary N) is 1. The summed E-state index contributed by atoms with van der Waals surface area (Å²) < 4.78 is 36.9. The minimum atomic E-state index is -4.39. The molecule has 29 heavy (non-hydrogen) atoms. The highest BCUT2D eigenvalue weighted by atomic mass is 31.2. The summed E-state index contributed by atoms with van der Waals surface area (Å²) in [4.78, 5) is 22.2. The van der Waals surface area contributed by atoms with Crippen molar-refractivity contribution in [2.24, 2.45) is 11.8 Å². The highest BCUT2D eigenvalue weighted by molar-refractivity contribution is 7.47. The zero-order valence-electron chi connectivity index (χ0n) is 15.1. The SMILES string of the molecule is Nc1ncc2ncn([C@@H]3C[C@H](COP(=O)(O)Oc4ccc(F)cc4)[C@@H]3CO)c2n1. The first kappa shape index (κ1) is 19.7. The van der Waals surface area contributed by atoms with E-state index < -0.39 is 13.6 Å². The van der Waals surface area contributed by atoms with E-state index in [1.165, 1.54) is 18.3 Å². The Kier molecular flexibility index (Phi) is 5.22. The van der Waals surface area contributed by atoms with E-state index in [1.54, 1.807) is 6.33 Å². The van der Waals surface area contributed by atoms with Gasteiger partial charge in [0.25, 0.3) is 0 Å². The van der Waals surface area contributed by atoms with Gasteiger partial charge in [-0.05, 0) is 36.6 Å². The number of aromatic nitrogens is 4. The molecule has 1 aromatic carbocycles. The molecule has 4 rings (SSSR count). The van der Waals surface area contributed by atoms with Gasteiger partial charge in [0, 0.05) is 18.6 Å². The monoisotopic (exact) mass is 423 g/mol. The molecule has 2 aromatic heterocycles. The van der Waals surface area contributed by atoms with Crippen LogP contribution in [0.1, 0.15) is 12.5 Å². The van der Waals surface area contributed by atoms with Gasteiger partial charge in [-0.2, -0.15) is 4.98 Å². The van der Waals surface area contributed by atoms with Gasteiger partial charge in [0.1, 0.15) is 17.1 Å². The van der Waals surface area contributed by atoms with Crippen LogP contribution < -0.4 is 10.3 Å². The molecule has 10 nitrogen and oxygen atoms in total. The summed E-state index contributed by atoms with van der Waals surface area (Å²) in [6.07, 6.45) is 3.71. The lowest BCUT2D eigenvalue weighted by Crippen LogP contribution is -2.42. The van der Waals surface area contributed by atoms with Gasteiger partial charge in [-0.15, -0.1) is 0 Å². The number of fused-ring (bicyclic) bond motifs is 1. The Morgan fingerprint density at radius 1 is 1.31 bits per heavy atom. The van der Waals surface area contributed by atoms with Crippen molar-refractivity contribution in [3.8, 4) is 5.75 Å². The molecule has 1 saturated carbocycles. The Hall–Kier alpha value is -2.59. The number of imidazole rings is 1. The number of phosphoric ester groups is 1. The average Bonchev–Trinajstić information content (AvgIpc) is 3.05. The summed E-state index contributed by atoms with van der Waals surface area (Å²) in [5, 5.41) is 9.80. The fourth-order valence-electron chi connectivity index (χ4n) is 3.49. The molecule has 3 aromatic rings. The number of hydrogen-bond acceptors (Lipinski definition) is 8. The molecule has 0 spiro atoms. The quantitative estimate of drug-likeness (QED) is 0.485. The highest BCUT2D eigenvalue weighted by Crippen LogP contribution is 2.49. The standard InChI is InChI=1S/C17H19FN5O5P/c18-11-1-3-12(4-2-11)28-29(25,26)27-8-10-5-15(13(10)7-24)23-9-21-14-6-20-17(19)22-16(14)23/h1-4,6,9-10,13,15,24H,5,7-8H2,(H,25,26)(H2,19,20,22)/t10-,13+,15-/m1/s1. The maximum atomic E-state index is 12.9. The van der Waals surface area contributed by atoms with Crippen LogP contribution >= 0.6 is 7.82 Å². The van der Waals surface area contributed by atoms with Gasteiger partial charge in [-0.25, -0.2) is 18.9 Å². The number of halogens is 1. The Labute approximate surface area is 164 Å². The third-order valence-electron chi connectivity index (χ3n) is 5.03. The molecule has 0 saturated heterocycles. The summed E-state index contributed by atoms with van der Waals surface area (Å²) in [7, 11) is -4.39. The van der Waals surface area contributed by atoms with Crippen molar-refractivity contribution in [2.45, 2.75) is 12.5 Å². The van der Waals surface area contributed by atoms with Gasteiger partial charge in [-0.3, -0.25) is 9.42 Å². The van der Waals surface area contributed by atoms with Crippen molar-refractivity contribution in [3.05, 3.63) is 42.6 Å². The molecule has 1 aliphatic rings. The van der Waals surface area contributed by atoms with Crippen molar-refractivity contribution in [3.63, 3.8) is 0 Å². The molecule has 4 atom stereocenters. The lowest BCUT2D eigenvalue weighted by atomic mass is 9.70. The summed E-state index contributed by atoms with van der Waals surface area (Å²) in [5.41, 5.74) is 6.80. The Morgan fingerprint density at radius 3 is 2.79 bits per heavy atom. The fourth-order valence-corrected chi connectivity index (χ4v) is 4.31. The number of aliphatic hydroxyl groups excluding tert-OH is 1. The lowest BCUT2D eigenvalue weighted by Gasteiger charge is -2.44. The first-order valence-electron chi connectivity index (χ1n) is 8.84. The van der Waals surface area contributed by atoms with E-state index >= 15 is 0 Å². The van der Waals surface area contributed by atoms with Gasteiger partial charge in [0.05, 0.1) is 19.1 Å². The molecule has 1 fully saturated rings. The van der Waals surface area contributed by atoms with Gasteiger partial charge >= 0.3 is 7.82 Å². The average molecular weight is 423 g/mol. The second kappa shape index (κ2) is 7.68. The second-order valence-electron chi connectivity index (χ2n) is 6.81. The Balaban J connectivity index is 1.40. The number of benzene rings is 1. The molecular weight excluding hydrogens is 404 g/mol. The zero-order chi connectivity index (χ0) is 20.6. The van der Waals surface area contributed by atoms with Crippen molar-refractivity contribution in [1.82, 2.24) is 19.5 Å². The minimum Gasteiger partial charge on any atom is -0.404 e. The largest absolute Gasteiger partial charge is 0.527 e. The molecular formula is C17H19FN5O5P. The number of nitrogens with zero attached hydrogens (tertiary/aromatic N) is 4. The van der Waals surface area contributed by atoms with Crippen LogP contribution in [0.5, 0.6) is 5.75 Å². The van der Waals surface area contributed by atoms with Crippen LogP contribution in [0.3, 0.4) is 0 Å². The molecule has 0 radical (unpaired) electrons. The second-order valence-corrected chi connectivity index (χ2v) is 8.19. The van der Waals surface area contributed by atoms with Crippen LogP contribution in [-0.2, 0) is 9.09 Å². The normalized spacial score (nSPS) is 23.5. The Morgan fingerprint density at radius 2 is 2.07 bits per heavy atom. The molecule has 4 N–H and O–H groups in total. The van der Waals surface area contributed by atoms with Crippen LogP contribution in [0, 0.1) is 17.7 Å². The van der Waals surface area contributed by atoms with E-state index in [9.17, 15) is 19.0 Å². The fraction of sp³-hybridized carbons (Fsp3) is 0.353. The van der Waals surface area contributed by atoms with E-state index in [0.29, 0.717) is 17.6 Å². The van der Waals surface area contributed by atoms with Crippen LogP contribution in [0.2, 0.25) is 0 Å². The van der Waals surface area contributed by atoms with Crippen LogP contribution in [0.4, 0.5) is 10.3 Å². The summed E-state index contributed by atoms with van der Waals surface area (Å²) in [6.45, 7) is -0.228. The summed E-state index contributed by atoms with van der Waals surface area (Å²) >= 11 is 0. The number of anilines is 1. The van der Waals surface area contributed by atoms with Crippen molar-refractivity contribution in [1.29, 1.82) is 0 Å². The van der Waals surface area contributed by atoms with Crippen LogP contribution in [0.25, 0.3) is 11.2 Å². The number of hydrogen-bond donors (Lipinski definition) is 3. The minimum absolute atomic E-state index is 0.0181.